The minimum atomic E-state index is -1.27. The van der Waals surface area contributed by atoms with Crippen molar-refractivity contribution in [1.29, 1.82) is 0 Å². The number of halogens is 1. The van der Waals surface area contributed by atoms with Crippen LogP contribution in [0.25, 0.3) is 0 Å². The van der Waals surface area contributed by atoms with Crippen LogP contribution < -0.4 is 4.74 Å². The summed E-state index contributed by atoms with van der Waals surface area (Å²) in [4.78, 5) is 10.6. The molecule has 74 valence electrons. The van der Waals surface area contributed by atoms with Crippen molar-refractivity contribution < 1.29 is 19.0 Å². The van der Waals surface area contributed by atoms with Gasteiger partial charge >= 0.3 is 5.97 Å². The molecule has 1 fully saturated rings. The van der Waals surface area contributed by atoms with Gasteiger partial charge in [0.1, 0.15) is 11.6 Å². The molecule has 0 aromatic heterocycles. The number of hydrogen-bond donors (Lipinski definition) is 1. The number of ether oxygens (including phenoxy) is 1. The molecule has 1 aromatic rings. The Kier molecular flexibility index (Phi) is 2.11. The maximum Gasteiger partial charge on any atom is 0.338 e. The first-order valence-corrected chi connectivity index (χ1v) is 4.36. The fourth-order valence-corrected chi connectivity index (χ4v) is 1.12. The van der Waals surface area contributed by atoms with Gasteiger partial charge in [0, 0.05) is 0 Å². The predicted molar refractivity (Wildman–Crippen MR) is 47.0 cm³/mol. The molecule has 4 heteroatoms. The standard InChI is InChI=1S/C10H9FO3/c11-9-4-3-7(14-6-1-2-6)5-8(9)10(12)13/h3-6H,1-2H2,(H,12,13). The first kappa shape index (κ1) is 8.99. The predicted octanol–water partition coefficient (Wildman–Crippen LogP) is 2.07. The highest BCUT2D eigenvalue weighted by Crippen LogP contribution is 2.27. The summed E-state index contributed by atoms with van der Waals surface area (Å²) in [5.41, 5.74) is -0.344. The van der Waals surface area contributed by atoms with E-state index < -0.39 is 11.8 Å². The monoisotopic (exact) mass is 196 g/mol. The smallest absolute Gasteiger partial charge is 0.338 e. The van der Waals surface area contributed by atoms with Gasteiger partial charge in [0.2, 0.25) is 0 Å². The topological polar surface area (TPSA) is 46.5 Å². The Morgan fingerprint density at radius 1 is 1.50 bits per heavy atom. The molecular weight excluding hydrogens is 187 g/mol. The number of rotatable bonds is 3. The highest BCUT2D eigenvalue weighted by molar-refractivity contribution is 5.88. The largest absolute Gasteiger partial charge is 0.490 e. The average Bonchev–Trinajstić information content (AvgIpc) is 2.92. The minimum absolute atomic E-state index is 0.183. The highest BCUT2D eigenvalue weighted by atomic mass is 19.1. The maximum atomic E-state index is 12.9. The van der Waals surface area contributed by atoms with Gasteiger partial charge in [-0.15, -0.1) is 0 Å². The zero-order chi connectivity index (χ0) is 10.1. The number of carboxylic acid groups (broad SMARTS) is 1. The van der Waals surface area contributed by atoms with Crippen LogP contribution in [0.1, 0.15) is 23.2 Å². The number of hydrogen-bond acceptors (Lipinski definition) is 2. The van der Waals surface area contributed by atoms with Crippen molar-refractivity contribution in [3.63, 3.8) is 0 Å². The molecule has 2 rings (SSSR count). The molecule has 0 unspecified atom stereocenters. The van der Waals surface area contributed by atoms with Crippen molar-refractivity contribution in [3.8, 4) is 5.75 Å². The Morgan fingerprint density at radius 3 is 2.79 bits per heavy atom. The van der Waals surface area contributed by atoms with E-state index in [0.717, 1.165) is 18.9 Å². The zero-order valence-corrected chi connectivity index (χ0v) is 7.37. The number of benzene rings is 1. The second kappa shape index (κ2) is 3.29. The summed E-state index contributed by atoms with van der Waals surface area (Å²) in [6, 6.07) is 3.78. The van der Waals surface area contributed by atoms with Crippen molar-refractivity contribution in [2.75, 3.05) is 0 Å². The second-order valence-corrected chi connectivity index (χ2v) is 3.26. The van der Waals surface area contributed by atoms with Gasteiger partial charge in [0.05, 0.1) is 11.7 Å². The number of aromatic carboxylic acids is 1. The summed E-state index contributed by atoms with van der Waals surface area (Å²) in [5, 5.41) is 8.64. The molecule has 0 saturated heterocycles. The van der Waals surface area contributed by atoms with Crippen LogP contribution in [-0.2, 0) is 0 Å². The van der Waals surface area contributed by atoms with E-state index in [4.69, 9.17) is 9.84 Å². The maximum absolute atomic E-state index is 12.9. The van der Waals surface area contributed by atoms with Gasteiger partial charge in [-0.05, 0) is 31.0 Å². The van der Waals surface area contributed by atoms with Crippen LogP contribution in [0.4, 0.5) is 4.39 Å². The lowest BCUT2D eigenvalue weighted by atomic mass is 10.2. The van der Waals surface area contributed by atoms with Crippen molar-refractivity contribution >= 4 is 5.97 Å². The Morgan fingerprint density at radius 2 is 2.21 bits per heavy atom. The third kappa shape index (κ3) is 1.84. The lowest BCUT2D eigenvalue weighted by Gasteiger charge is -2.05. The Balaban J connectivity index is 2.24. The third-order valence-corrected chi connectivity index (χ3v) is 2.00. The van der Waals surface area contributed by atoms with E-state index in [1.807, 2.05) is 0 Å². The molecule has 1 aromatic carbocycles. The fraction of sp³-hybridized carbons (Fsp3) is 0.300. The van der Waals surface area contributed by atoms with Gasteiger partial charge in [-0.25, -0.2) is 9.18 Å². The summed E-state index contributed by atoms with van der Waals surface area (Å²) in [6.45, 7) is 0. The molecular formula is C10H9FO3. The van der Waals surface area contributed by atoms with Gasteiger partial charge in [-0.1, -0.05) is 0 Å². The van der Waals surface area contributed by atoms with Gasteiger partial charge in [-0.3, -0.25) is 0 Å². The van der Waals surface area contributed by atoms with Crippen LogP contribution in [0.2, 0.25) is 0 Å². The van der Waals surface area contributed by atoms with Gasteiger partial charge < -0.3 is 9.84 Å². The molecule has 1 aliphatic rings. The van der Waals surface area contributed by atoms with E-state index in [1.54, 1.807) is 0 Å². The van der Waals surface area contributed by atoms with Crippen LogP contribution in [0.15, 0.2) is 18.2 Å². The number of carbonyl (C=O) groups is 1. The summed E-state index contributed by atoms with van der Waals surface area (Å²) in [5.74, 6) is -1.59. The molecule has 3 nitrogen and oxygen atoms in total. The Hall–Kier alpha value is -1.58. The molecule has 1 aliphatic carbocycles. The first-order valence-electron chi connectivity index (χ1n) is 4.36. The van der Waals surface area contributed by atoms with E-state index in [-0.39, 0.29) is 11.7 Å². The van der Waals surface area contributed by atoms with Crippen LogP contribution in [0, 0.1) is 5.82 Å². The molecule has 0 radical (unpaired) electrons. The van der Waals surface area contributed by atoms with Crippen molar-refractivity contribution in [2.24, 2.45) is 0 Å². The minimum Gasteiger partial charge on any atom is -0.490 e. The van der Waals surface area contributed by atoms with Gasteiger partial charge in [-0.2, -0.15) is 0 Å². The van der Waals surface area contributed by atoms with Gasteiger partial charge in [0.15, 0.2) is 0 Å². The molecule has 0 atom stereocenters. The van der Waals surface area contributed by atoms with Crippen molar-refractivity contribution in [3.05, 3.63) is 29.6 Å². The van der Waals surface area contributed by atoms with Crippen LogP contribution in [0.5, 0.6) is 5.75 Å². The molecule has 0 amide bonds. The van der Waals surface area contributed by atoms with Crippen LogP contribution in [-0.4, -0.2) is 17.2 Å². The summed E-state index contributed by atoms with van der Waals surface area (Å²) < 4.78 is 18.3. The average molecular weight is 196 g/mol. The van der Waals surface area contributed by atoms with Crippen molar-refractivity contribution in [1.82, 2.24) is 0 Å². The van der Waals surface area contributed by atoms with E-state index in [9.17, 15) is 9.18 Å². The first-order chi connectivity index (χ1) is 6.66. The molecule has 1 saturated carbocycles. The molecule has 1 N–H and O–H groups in total. The quantitative estimate of drug-likeness (QED) is 0.804. The lowest BCUT2D eigenvalue weighted by Crippen LogP contribution is -2.02. The van der Waals surface area contributed by atoms with E-state index in [1.165, 1.54) is 12.1 Å². The third-order valence-electron chi connectivity index (χ3n) is 2.00. The highest BCUT2D eigenvalue weighted by Gasteiger charge is 2.24. The molecule has 0 spiro atoms. The fourth-order valence-electron chi connectivity index (χ4n) is 1.12. The molecule has 14 heavy (non-hydrogen) atoms. The van der Waals surface area contributed by atoms with Gasteiger partial charge in [0.25, 0.3) is 0 Å². The summed E-state index contributed by atoms with van der Waals surface area (Å²) in [7, 11) is 0. The van der Waals surface area contributed by atoms with Crippen LogP contribution in [0.3, 0.4) is 0 Å². The normalized spacial score (nSPS) is 15.2. The van der Waals surface area contributed by atoms with E-state index in [0.29, 0.717) is 5.75 Å². The van der Waals surface area contributed by atoms with Crippen molar-refractivity contribution in [2.45, 2.75) is 18.9 Å². The second-order valence-electron chi connectivity index (χ2n) is 3.26. The molecule has 0 bridgehead atoms. The SMILES string of the molecule is O=C(O)c1cc(OC2CC2)ccc1F. The summed E-state index contributed by atoms with van der Waals surface area (Å²) in [6.07, 6.45) is 2.15. The molecule has 0 aliphatic heterocycles. The zero-order valence-electron chi connectivity index (χ0n) is 7.37. The number of carboxylic acids is 1. The van der Waals surface area contributed by atoms with Crippen LogP contribution >= 0.6 is 0 Å². The lowest BCUT2D eigenvalue weighted by molar-refractivity contribution is 0.0691. The van der Waals surface area contributed by atoms with E-state index >= 15 is 0 Å². The summed E-state index contributed by atoms with van der Waals surface area (Å²) >= 11 is 0. The molecule has 0 heterocycles. The Labute approximate surface area is 80.1 Å². The Bertz CT molecular complexity index is 372. The van der Waals surface area contributed by atoms with E-state index in [2.05, 4.69) is 0 Å².